The molecule has 0 spiro atoms. The van der Waals surface area contributed by atoms with Crippen LogP contribution in [0.4, 0.5) is 15.9 Å². The van der Waals surface area contributed by atoms with Gasteiger partial charge in [0.05, 0.1) is 10.2 Å². The maximum absolute atomic E-state index is 13.0. The highest BCUT2D eigenvalue weighted by molar-refractivity contribution is 7.17. The summed E-state index contributed by atoms with van der Waals surface area (Å²) in [5, 5.41) is 2.05. The van der Waals surface area contributed by atoms with Gasteiger partial charge in [-0.3, -0.25) is 0 Å². The fourth-order valence-electron chi connectivity index (χ4n) is 2.83. The molecule has 3 aromatic rings. The summed E-state index contributed by atoms with van der Waals surface area (Å²) in [6, 6.07) is 8.74. The van der Waals surface area contributed by atoms with E-state index in [2.05, 4.69) is 25.1 Å². The molecule has 112 valence electrons. The maximum Gasteiger partial charge on any atom is 0.150 e. The van der Waals surface area contributed by atoms with Gasteiger partial charge < -0.3 is 9.80 Å². The monoisotopic (exact) mass is 314 g/mol. The van der Waals surface area contributed by atoms with Gasteiger partial charge in [0, 0.05) is 31.9 Å². The van der Waals surface area contributed by atoms with Gasteiger partial charge in [0.2, 0.25) is 0 Å². The molecule has 1 aromatic carbocycles. The fourth-order valence-corrected chi connectivity index (χ4v) is 3.69. The topological polar surface area (TPSA) is 32.3 Å². The third kappa shape index (κ3) is 2.39. The first-order chi connectivity index (χ1) is 10.8. The number of piperazine rings is 1. The van der Waals surface area contributed by atoms with Gasteiger partial charge in [0.15, 0.2) is 0 Å². The van der Waals surface area contributed by atoms with Crippen LogP contribution in [-0.4, -0.2) is 36.1 Å². The number of rotatable bonds is 2. The van der Waals surface area contributed by atoms with Crippen molar-refractivity contribution in [2.75, 3.05) is 36.0 Å². The van der Waals surface area contributed by atoms with E-state index in [1.54, 1.807) is 17.7 Å². The molecule has 0 N–H and O–H groups in total. The predicted molar refractivity (Wildman–Crippen MR) is 88.2 cm³/mol. The van der Waals surface area contributed by atoms with E-state index in [-0.39, 0.29) is 5.82 Å². The van der Waals surface area contributed by atoms with Crippen LogP contribution in [0.2, 0.25) is 0 Å². The minimum Gasteiger partial charge on any atom is -0.368 e. The van der Waals surface area contributed by atoms with Crippen molar-refractivity contribution in [1.29, 1.82) is 0 Å². The lowest BCUT2D eigenvalue weighted by atomic mass is 10.2. The van der Waals surface area contributed by atoms with E-state index >= 15 is 0 Å². The average molecular weight is 314 g/mol. The van der Waals surface area contributed by atoms with Crippen molar-refractivity contribution in [3.8, 4) is 0 Å². The molecule has 4 rings (SSSR count). The van der Waals surface area contributed by atoms with Crippen molar-refractivity contribution in [3.63, 3.8) is 0 Å². The summed E-state index contributed by atoms with van der Waals surface area (Å²) in [6.45, 7) is 3.62. The van der Waals surface area contributed by atoms with Crippen molar-refractivity contribution >= 4 is 33.1 Å². The summed E-state index contributed by atoms with van der Waals surface area (Å²) in [5.74, 6) is 0.835. The lowest BCUT2D eigenvalue weighted by Gasteiger charge is -2.36. The average Bonchev–Trinajstić information content (AvgIpc) is 3.04. The zero-order chi connectivity index (χ0) is 14.9. The van der Waals surface area contributed by atoms with Crippen LogP contribution in [-0.2, 0) is 0 Å². The molecule has 22 heavy (non-hydrogen) atoms. The molecule has 1 aliphatic rings. The number of anilines is 2. The minimum absolute atomic E-state index is 0.191. The normalized spacial score (nSPS) is 15.5. The van der Waals surface area contributed by atoms with Gasteiger partial charge in [0.25, 0.3) is 0 Å². The lowest BCUT2D eigenvalue weighted by molar-refractivity contribution is 0.624. The summed E-state index contributed by atoms with van der Waals surface area (Å²) in [4.78, 5) is 13.4. The van der Waals surface area contributed by atoms with Gasteiger partial charge in [0.1, 0.15) is 18.0 Å². The molecule has 0 unspecified atom stereocenters. The van der Waals surface area contributed by atoms with Gasteiger partial charge in [-0.2, -0.15) is 0 Å². The Labute approximate surface area is 131 Å². The molecule has 0 bridgehead atoms. The van der Waals surface area contributed by atoms with E-state index in [1.807, 2.05) is 18.2 Å². The van der Waals surface area contributed by atoms with Crippen molar-refractivity contribution < 1.29 is 4.39 Å². The van der Waals surface area contributed by atoms with Crippen LogP contribution in [0.25, 0.3) is 10.2 Å². The Balaban J connectivity index is 1.52. The molecule has 0 atom stereocenters. The third-order valence-electron chi connectivity index (χ3n) is 4.00. The van der Waals surface area contributed by atoms with Crippen LogP contribution < -0.4 is 9.80 Å². The van der Waals surface area contributed by atoms with Crippen LogP contribution in [0.1, 0.15) is 0 Å². The van der Waals surface area contributed by atoms with Crippen LogP contribution in [0.15, 0.2) is 42.0 Å². The zero-order valence-corrected chi connectivity index (χ0v) is 12.8. The second-order valence-electron chi connectivity index (χ2n) is 5.28. The number of halogens is 1. The van der Waals surface area contributed by atoms with Gasteiger partial charge in [-0.15, -0.1) is 11.3 Å². The predicted octanol–water partition coefficient (Wildman–Crippen LogP) is 3.16. The standard InChI is InChI=1S/C16H15FN4S/c17-12-1-3-13(4-2-12)20-6-8-21(9-7-20)16-15-14(5-10-22-15)18-11-19-16/h1-5,10-11H,6-9H2. The summed E-state index contributed by atoms with van der Waals surface area (Å²) in [5.41, 5.74) is 2.08. The van der Waals surface area contributed by atoms with Crippen LogP contribution in [0, 0.1) is 5.82 Å². The number of aromatic nitrogens is 2. The first-order valence-corrected chi connectivity index (χ1v) is 8.13. The SMILES string of the molecule is Fc1ccc(N2CCN(c3ncnc4ccsc34)CC2)cc1. The second kappa shape index (κ2) is 5.53. The van der Waals surface area contributed by atoms with E-state index in [9.17, 15) is 4.39 Å². The molecule has 3 heterocycles. The molecule has 0 radical (unpaired) electrons. The Morgan fingerprint density at radius 3 is 2.41 bits per heavy atom. The molecule has 0 saturated carbocycles. The van der Waals surface area contributed by atoms with Crippen LogP contribution >= 0.6 is 11.3 Å². The maximum atomic E-state index is 13.0. The van der Waals surface area contributed by atoms with Crippen LogP contribution in [0.5, 0.6) is 0 Å². The van der Waals surface area contributed by atoms with Gasteiger partial charge in [-0.1, -0.05) is 0 Å². The molecule has 2 aromatic heterocycles. The summed E-state index contributed by atoms with van der Waals surface area (Å²) in [7, 11) is 0. The summed E-state index contributed by atoms with van der Waals surface area (Å²) < 4.78 is 14.2. The highest BCUT2D eigenvalue weighted by Crippen LogP contribution is 2.29. The number of benzene rings is 1. The molecule has 1 fully saturated rings. The van der Waals surface area contributed by atoms with Gasteiger partial charge >= 0.3 is 0 Å². The minimum atomic E-state index is -0.191. The number of hydrogen-bond donors (Lipinski definition) is 0. The Kier molecular flexibility index (Phi) is 3.38. The van der Waals surface area contributed by atoms with E-state index in [0.717, 1.165) is 47.9 Å². The highest BCUT2D eigenvalue weighted by atomic mass is 32.1. The third-order valence-corrected chi connectivity index (χ3v) is 4.89. The van der Waals surface area contributed by atoms with E-state index in [0.29, 0.717) is 0 Å². The molecular weight excluding hydrogens is 299 g/mol. The van der Waals surface area contributed by atoms with Crippen molar-refractivity contribution in [3.05, 3.63) is 47.9 Å². The van der Waals surface area contributed by atoms with E-state index < -0.39 is 0 Å². The highest BCUT2D eigenvalue weighted by Gasteiger charge is 2.20. The van der Waals surface area contributed by atoms with Crippen molar-refractivity contribution in [1.82, 2.24) is 9.97 Å². The van der Waals surface area contributed by atoms with Crippen molar-refractivity contribution in [2.45, 2.75) is 0 Å². The zero-order valence-electron chi connectivity index (χ0n) is 11.9. The quantitative estimate of drug-likeness (QED) is 0.727. The molecule has 0 aliphatic carbocycles. The first kappa shape index (κ1) is 13.5. The van der Waals surface area contributed by atoms with E-state index in [1.165, 1.54) is 12.1 Å². The fraction of sp³-hybridized carbons (Fsp3) is 0.250. The second-order valence-corrected chi connectivity index (χ2v) is 6.20. The number of hydrogen-bond acceptors (Lipinski definition) is 5. The molecule has 1 aliphatic heterocycles. The van der Waals surface area contributed by atoms with Crippen LogP contribution in [0.3, 0.4) is 0 Å². The number of nitrogens with zero attached hydrogens (tertiary/aromatic N) is 4. The first-order valence-electron chi connectivity index (χ1n) is 7.25. The molecular formula is C16H15FN4S. The largest absolute Gasteiger partial charge is 0.368 e. The Hall–Kier alpha value is -2.21. The number of thiophene rings is 1. The summed E-state index contributed by atoms with van der Waals surface area (Å²) >= 11 is 1.68. The Bertz CT molecular complexity index is 778. The number of fused-ring (bicyclic) bond motifs is 1. The lowest BCUT2D eigenvalue weighted by Crippen LogP contribution is -2.46. The molecule has 4 nitrogen and oxygen atoms in total. The van der Waals surface area contributed by atoms with Gasteiger partial charge in [-0.25, -0.2) is 14.4 Å². The molecule has 0 amide bonds. The Morgan fingerprint density at radius 1 is 0.909 bits per heavy atom. The Morgan fingerprint density at radius 2 is 1.64 bits per heavy atom. The van der Waals surface area contributed by atoms with Crippen molar-refractivity contribution in [2.24, 2.45) is 0 Å². The molecule has 6 heteroatoms. The summed E-state index contributed by atoms with van der Waals surface area (Å²) in [6.07, 6.45) is 1.64. The molecule has 1 saturated heterocycles. The smallest absolute Gasteiger partial charge is 0.150 e. The van der Waals surface area contributed by atoms with E-state index in [4.69, 9.17) is 0 Å². The van der Waals surface area contributed by atoms with Gasteiger partial charge in [-0.05, 0) is 35.7 Å².